The van der Waals surface area contributed by atoms with E-state index in [0.29, 0.717) is 32.4 Å². The first-order chi connectivity index (χ1) is 9.78. The Bertz CT molecular complexity index is 353. The SMILES string of the molecule is O=C(O)CC1CCN(C(=O)NCCCCC(F)(F)F)CC1. The second-order valence-electron chi connectivity index (χ2n) is 5.33. The maximum Gasteiger partial charge on any atom is 0.389 e. The van der Waals surface area contributed by atoms with Crippen molar-refractivity contribution >= 4 is 12.0 Å². The van der Waals surface area contributed by atoms with Gasteiger partial charge in [0.2, 0.25) is 0 Å². The average molecular weight is 310 g/mol. The summed E-state index contributed by atoms with van der Waals surface area (Å²) in [6.45, 7) is 1.21. The zero-order valence-corrected chi connectivity index (χ0v) is 11.8. The Hall–Kier alpha value is -1.47. The molecule has 2 amide bonds. The van der Waals surface area contributed by atoms with Crippen LogP contribution in [0.25, 0.3) is 0 Å². The number of carboxylic acid groups (broad SMARTS) is 1. The number of unbranched alkanes of at least 4 members (excludes halogenated alkanes) is 1. The van der Waals surface area contributed by atoms with Crippen molar-refractivity contribution in [3.05, 3.63) is 0 Å². The van der Waals surface area contributed by atoms with Crippen molar-refractivity contribution in [2.24, 2.45) is 5.92 Å². The van der Waals surface area contributed by atoms with Crippen LogP contribution < -0.4 is 5.32 Å². The van der Waals surface area contributed by atoms with Crippen LogP contribution in [0.5, 0.6) is 0 Å². The van der Waals surface area contributed by atoms with Crippen LogP contribution in [0.15, 0.2) is 0 Å². The van der Waals surface area contributed by atoms with Crippen molar-refractivity contribution in [2.45, 2.75) is 44.7 Å². The molecule has 0 aromatic heterocycles. The standard InChI is InChI=1S/C13H21F3N2O3/c14-13(15,16)5-1-2-6-17-12(21)18-7-3-10(4-8-18)9-11(19)20/h10H,1-9H2,(H,17,21)(H,19,20). The number of amides is 2. The summed E-state index contributed by atoms with van der Waals surface area (Å²) in [7, 11) is 0. The molecule has 0 saturated carbocycles. The van der Waals surface area contributed by atoms with Crippen molar-refractivity contribution in [2.75, 3.05) is 19.6 Å². The fraction of sp³-hybridized carbons (Fsp3) is 0.846. The van der Waals surface area contributed by atoms with Gasteiger partial charge in [-0.25, -0.2) is 4.79 Å². The molecule has 1 aliphatic rings. The highest BCUT2D eigenvalue weighted by atomic mass is 19.4. The molecular weight excluding hydrogens is 289 g/mol. The number of carbonyl (C=O) groups excluding carboxylic acids is 1. The number of likely N-dealkylation sites (tertiary alicyclic amines) is 1. The quantitative estimate of drug-likeness (QED) is 0.741. The highest BCUT2D eigenvalue weighted by Crippen LogP contribution is 2.22. The van der Waals surface area contributed by atoms with E-state index in [4.69, 9.17) is 5.11 Å². The number of rotatable bonds is 6. The number of nitrogens with zero attached hydrogens (tertiary/aromatic N) is 1. The first-order valence-electron chi connectivity index (χ1n) is 7.09. The summed E-state index contributed by atoms with van der Waals surface area (Å²) in [6.07, 6.45) is -3.26. The fourth-order valence-corrected chi connectivity index (χ4v) is 2.34. The normalized spacial score (nSPS) is 16.8. The van der Waals surface area contributed by atoms with Crippen molar-refractivity contribution in [1.29, 1.82) is 0 Å². The largest absolute Gasteiger partial charge is 0.481 e. The smallest absolute Gasteiger partial charge is 0.389 e. The summed E-state index contributed by atoms with van der Waals surface area (Å²) in [6, 6.07) is -0.282. The Balaban J connectivity index is 2.12. The summed E-state index contributed by atoms with van der Waals surface area (Å²) >= 11 is 0. The van der Waals surface area contributed by atoms with Gasteiger partial charge in [0.25, 0.3) is 0 Å². The molecule has 122 valence electrons. The third-order valence-electron chi connectivity index (χ3n) is 3.53. The first kappa shape index (κ1) is 17.6. The second kappa shape index (κ2) is 8.09. The highest BCUT2D eigenvalue weighted by Gasteiger charge is 2.26. The zero-order valence-electron chi connectivity index (χ0n) is 11.8. The molecule has 5 nitrogen and oxygen atoms in total. The molecule has 21 heavy (non-hydrogen) atoms. The predicted molar refractivity (Wildman–Crippen MR) is 69.9 cm³/mol. The minimum Gasteiger partial charge on any atom is -0.481 e. The van der Waals surface area contributed by atoms with Crippen molar-refractivity contribution in [3.63, 3.8) is 0 Å². The second-order valence-corrected chi connectivity index (χ2v) is 5.33. The van der Waals surface area contributed by atoms with Crippen molar-refractivity contribution < 1.29 is 27.9 Å². The molecule has 0 aromatic rings. The monoisotopic (exact) mass is 310 g/mol. The van der Waals surface area contributed by atoms with E-state index < -0.39 is 18.6 Å². The fourth-order valence-electron chi connectivity index (χ4n) is 2.34. The van der Waals surface area contributed by atoms with Crippen LogP contribution >= 0.6 is 0 Å². The van der Waals surface area contributed by atoms with Gasteiger partial charge in [-0.15, -0.1) is 0 Å². The molecule has 0 bridgehead atoms. The van der Waals surface area contributed by atoms with E-state index >= 15 is 0 Å². The summed E-state index contributed by atoms with van der Waals surface area (Å²) in [5.74, 6) is -0.735. The predicted octanol–water partition coefficient (Wildman–Crippen LogP) is 2.62. The number of carbonyl (C=O) groups is 2. The average Bonchev–Trinajstić information content (AvgIpc) is 2.37. The summed E-state index contributed by atoms with van der Waals surface area (Å²) in [5, 5.41) is 11.3. The minimum atomic E-state index is -4.14. The Morgan fingerprint density at radius 2 is 1.81 bits per heavy atom. The van der Waals surface area contributed by atoms with Gasteiger partial charge in [-0.2, -0.15) is 13.2 Å². The van der Waals surface area contributed by atoms with Gasteiger partial charge >= 0.3 is 18.2 Å². The van der Waals surface area contributed by atoms with E-state index in [-0.39, 0.29) is 31.3 Å². The molecular formula is C13H21F3N2O3. The molecule has 8 heteroatoms. The number of alkyl halides is 3. The number of nitrogens with one attached hydrogen (secondary N) is 1. The van der Waals surface area contributed by atoms with E-state index in [0.717, 1.165) is 0 Å². The molecule has 1 fully saturated rings. The van der Waals surface area contributed by atoms with Crippen LogP contribution in [-0.4, -0.2) is 47.8 Å². The lowest BCUT2D eigenvalue weighted by atomic mass is 9.94. The van der Waals surface area contributed by atoms with E-state index in [2.05, 4.69) is 5.32 Å². The maximum absolute atomic E-state index is 11.9. The number of hydrogen-bond acceptors (Lipinski definition) is 2. The van der Waals surface area contributed by atoms with Crippen LogP contribution in [-0.2, 0) is 4.79 Å². The molecule has 1 heterocycles. The van der Waals surface area contributed by atoms with Crippen molar-refractivity contribution in [1.82, 2.24) is 10.2 Å². The van der Waals surface area contributed by atoms with Crippen LogP contribution in [0, 0.1) is 5.92 Å². The van der Waals surface area contributed by atoms with Gasteiger partial charge in [-0.3, -0.25) is 4.79 Å². The molecule has 1 rings (SSSR count). The van der Waals surface area contributed by atoms with Gasteiger partial charge in [-0.1, -0.05) is 0 Å². The summed E-state index contributed by atoms with van der Waals surface area (Å²) < 4.78 is 35.8. The lowest BCUT2D eigenvalue weighted by Crippen LogP contribution is -2.44. The molecule has 0 aromatic carbocycles. The number of urea groups is 1. The number of aliphatic carboxylic acids is 1. The first-order valence-corrected chi connectivity index (χ1v) is 7.09. The third-order valence-corrected chi connectivity index (χ3v) is 3.53. The molecule has 0 atom stereocenters. The van der Waals surface area contributed by atoms with Gasteiger partial charge in [0.05, 0.1) is 0 Å². The molecule has 0 radical (unpaired) electrons. The van der Waals surface area contributed by atoms with E-state index in [1.807, 2.05) is 0 Å². The molecule has 1 saturated heterocycles. The molecule has 0 aliphatic carbocycles. The van der Waals surface area contributed by atoms with Gasteiger partial charge in [-0.05, 0) is 31.6 Å². The number of piperidine rings is 1. The summed E-state index contributed by atoms with van der Waals surface area (Å²) in [4.78, 5) is 23.9. The topological polar surface area (TPSA) is 69.6 Å². The Morgan fingerprint density at radius 3 is 2.33 bits per heavy atom. The number of hydrogen-bond donors (Lipinski definition) is 2. The van der Waals surface area contributed by atoms with Gasteiger partial charge in [0.1, 0.15) is 0 Å². The highest BCUT2D eigenvalue weighted by molar-refractivity contribution is 5.74. The van der Waals surface area contributed by atoms with E-state index in [1.165, 1.54) is 0 Å². The molecule has 0 unspecified atom stereocenters. The molecule has 0 spiro atoms. The van der Waals surface area contributed by atoms with Crippen LogP contribution in [0.1, 0.15) is 38.5 Å². The maximum atomic E-state index is 11.9. The molecule has 1 aliphatic heterocycles. The van der Waals surface area contributed by atoms with Crippen LogP contribution in [0.4, 0.5) is 18.0 Å². The van der Waals surface area contributed by atoms with Crippen LogP contribution in [0.2, 0.25) is 0 Å². The van der Waals surface area contributed by atoms with Gasteiger partial charge < -0.3 is 15.3 Å². The lowest BCUT2D eigenvalue weighted by Gasteiger charge is -2.31. The number of halogens is 3. The van der Waals surface area contributed by atoms with Gasteiger partial charge in [0.15, 0.2) is 0 Å². The lowest BCUT2D eigenvalue weighted by molar-refractivity contribution is -0.138. The van der Waals surface area contributed by atoms with E-state index in [9.17, 15) is 22.8 Å². The van der Waals surface area contributed by atoms with E-state index in [1.54, 1.807) is 4.90 Å². The Labute approximate surface area is 121 Å². The van der Waals surface area contributed by atoms with Gasteiger partial charge in [0, 0.05) is 32.5 Å². The van der Waals surface area contributed by atoms with Crippen LogP contribution in [0.3, 0.4) is 0 Å². The third kappa shape index (κ3) is 7.77. The zero-order chi connectivity index (χ0) is 15.9. The summed E-state index contributed by atoms with van der Waals surface area (Å²) in [5.41, 5.74) is 0. The van der Waals surface area contributed by atoms with Crippen molar-refractivity contribution in [3.8, 4) is 0 Å². The minimum absolute atomic E-state index is 0.00443. The Kier molecular flexibility index (Phi) is 6.77. The molecule has 2 N–H and O–H groups in total. The Morgan fingerprint density at radius 1 is 1.19 bits per heavy atom. The number of carboxylic acids is 1.